The van der Waals surface area contributed by atoms with Crippen LogP contribution in [0.3, 0.4) is 0 Å². The standard InChI is InChI=1S/C16H8ClF3N4O3/c17-10-2-1-9(24(26)27)5-13(10)23-16(25)8(6-21)7-22-12-4-3-11(18)14(19)15(12)20/h1-5,7,22H,(H,23,25)/b8-7-. The van der Waals surface area contributed by atoms with Gasteiger partial charge in [-0.1, -0.05) is 11.6 Å². The van der Waals surface area contributed by atoms with Crippen LogP contribution in [0.2, 0.25) is 5.02 Å². The Morgan fingerprint density at radius 1 is 1.19 bits per heavy atom. The first-order valence-corrected chi connectivity index (χ1v) is 7.38. The van der Waals surface area contributed by atoms with Gasteiger partial charge in [0.15, 0.2) is 17.5 Å². The van der Waals surface area contributed by atoms with Crippen molar-refractivity contribution in [3.63, 3.8) is 0 Å². The lowest BCUT2D eigenvalue weighted by Crippen LogP contribution is -2.15. The van der Waals surface area contributed by atoms with E-state index < -0.39 is 39.5 Å². The van der Waals surface area contributed by atoms with Crippen LogP contribution in [0.4, 0.5) is 30.2 Å². The maximum Gasteiger partial charge on any atom is 0.271 e. The Morgan fingerprint density at radius 3 is 2.52 bits per heavy atom. The van der Waals surface area contributed by atoms with E-state index >= 15 is 0 Å². The minimum Gasteiger partial charge on any atom is -0.358 e. The van der Waals surface area contributed by atoms with E-state index in [-0.39, 0.29) is 16.4 Å². The maximum atomic E-state index is 13.6. The molecule has 0 aliphatic carbocycles. The summed E-state index contributed by atoms with van der Waals surface area (Å²) in [7, 11) is 0. The number of amides is 1. The molecule has 27 heavy (non-hydrogen) atoms. The SMILES string of the molecule is N#C/C(=C/Nc1ccc(F)c(F)c1F)C(=O)Nc1cc([N+](=O)[O-])ccc1Cl. The van der Waals surface area contributed by atoms with Gasteiger partial charge in [0.1, 0.15) is 11.6 Å². The summed E-state index contributed by atoms with van der Waals surface area (Å²) in [6, 6.07) is 6.32. The predicted octanol–water partition coefficient (Wildman–Crippen LogP) is 4.12. The van der Waals surface area contributed by atoms with Crippen LogP contribution in [-0.4, -0.2) is 10.8 Å². The molecule has 2 aromatic rings. The number of benzene rings is 2. The fourth-order valence-corrected chi connectivity index (χ4v) is 2.01. The fraction of sp³-hybridized carbons (Fsp3) is 0. The van der Waals surface area contributed by atoms with Crippen molar-refractivity contribution in [3.05, 3.63) is 74.7 Å². The average molecular weight is 397 g/mol. The Kier molecular flexibility index (Phi) is 5.99. The first kappa shape index (κ1) is 19.7. The van der Waals surface area contributed by atoms with Gasteiger partial charge in [-0.05, 0) is 18.2 Å². The van der Waals surface area contributed by atoms with Gasteiger partial charge < -0.3 is 10.6 Å². The molecule has 0 fully saturated rings. The third kappa shape index (κ3) is 4.53. The molecule has 0 saturated heterocycles. The molecule has 0 radical (unpaired) electrons. The van der Waals surface area contributed by atoms with Crippen LogP contribution < -0.4 is 10.6 Å². The van der Waals surface area contributed by atoms with Gasteiger partial charge >= 0.3 is 0 Å². The number of halogens is 4. The van der Waals surface area contributed by atoms with Crippen molar-refractivity contribution in [2.75, 3.05) is 10.6 Å². The molecule has 7 nitrogen and oxygen atoms in total. The monoisotopic (exact) mass is 396 g/mol. The number of non-ortho nitro benzene ring substituents is 1. The normalized spacial score (nSPS) is 10.9. The fourth-order valence-electron chi connectivity index (χ4n) is 1.85. The molecule has 2 N–H and O–H groups in total. The largest absolute Gasteiger partial charge is 0.358 e. The Balaban J connectivity index is 2.23. The first-order chi connectivity index (χ1) is 12.7. The molecule has 0 spiro atoms. The molecular weight excluding hydrogens is 389 g/mol. The van der Waals surface area contributed by atoms with Crippen LogP contribution in [0.25, 0.3) is 0 Å². The Morgan fingerprint density at radius 2 is 1.89 bits per heavy atom. The number of rotatable bonds is 5. The minimum atomic E-state index is -1.72. The summed E-state index contributed by atoms with van der Waals surface area (Å²) in [4.78, 5) is 22.2. The zero-order chi connectivity index (χ0) is 20.1. The summed E-state index contributed by atoms with van der Waals surface area (Å²) in [5, 5.41) is 24.2. The number of nitro groups is 1. The van der Waals surface area contributed by atoms with E-state index in [9.17, 15) is 28.1 Å². The van der Waals surface area contributed by atoms with Crippen LogP contribution in [0.5, 0.6) is 0 Å². The van der Waals surface area contributed by atoms with Gasteiger partial charge in [-0.15, -0.1) is 0 Å². The molecule has 2 aromatic carbocycles. The lowest BCUT2D eigenvalue weighted by molar-refractivity contribution is -0.384. The Hall–Kier alpha value is -3.58. The number of nitrogens with zero attached hydrogens (tertiary/aromatic N) is 2. The van der Waals surface area contributed by atoms with Crippen molar-refractivity contribution >= 4 is 34.6 Å². The van der Waals surface area contributed by atoms with Crippen LogP contribution >= 0.6 is 11.6 Å². The van der Waals surface area contributed by atoms with Crippen molar-refractivity contribution in [2.24, 2.45) is 0 Å². The molecule has 0 heterocycles. The van der Waals surface area contributed by atoms with Gasteiger partial charge in [0, 0.05) is 18.3 Å². The number of carbonyl (C=O) groups excluding carboxylic acids is 1. The lowest BCUT2D eigenvalue weighted by Gasteiger charge is -2.08. The van der Waals surface area contributed by atoms with E-state index in [1.54, 1.807) is 0 Å². The lowest BCUT2D eigenvalue weighted by atomic mass is 10.2. The molecule has 0 aliphatic rings. The van der Waals surface area contributed by atoms with Crippen molar-refractivity contribution in [2.45, 2.75) is 0 Å². The van der Waals surface area contributed by atoms with Crippen molar-refractivity contribution in [3.8, 4) is 6.07 Å². The first-order valence-electron chi connectivity index (χ1n) is 7.00. The van der Waals surface area contributed by atoms with Crippen LogP contribution in [0.1, 0.15) is 0 Å². The number of hydrogen-bond acceptors (Lipinski definition) is 5. The molecule has 2 rings (SSSR count). The second kappa shape index (κ2) is 8.20. The number of nitro benzene ring substituents is 1. The third-order valence-electron chi connectivity index (χ3n) is 3.18. The van der Waals surface area contributed by atoms with E-state index in [0.717, 1.165) is 24.4 Å². The summed E-state index contributed by atoms with van der Waals surface area (Å²) >= 11 is 5.84. The Labute approximate surface area is 154 Å². The van der Waals surface area contributed by atoms with Crippen LogP contribution in [-0.2, 0) is 4.79 Å². The van der Waals surface area contributed by atoms with E-state index in [1.165, 1.54) is 12.1 Å². The minimum absolute atomic E-state index is 0.0224. The molecule has 1 amide bonds. The number of carbonyl (C=O) groups is 1. The topological polar surface area (TPSA) is 108 Å². The number of anilines is 2. The van der Waals surface area contributed by atoms with Gasteiger partial charge in [-0.3, -0.25) is 14.9 Å². The summed E-state index contributed by atoms with van der Waals surface area (Å²) in [6.45, 7) is 0. The van der Waals surface area contributed by atoms with Crippen LogP contribution in [0, 0.1) is 38.9 Å². The van der Waals surface area contributed by atoms with Gasteiger partial charge in [0.25, 0.3) is 11.6 Å². The quantitative estimate of drug-likeness (QED) is 0.260. The zero-order valence-electron chi connectivity index (χ0n) is 13.1. The second-order valence-electron chi connectivity index (χ2n) is 4.91. The predicted molar refractivity (Wildman–Crippen MR) is 90.4 cm³/mol. The number of hydrogen-bond donors (Lipinski definition) is 2. The highest BCUT2D eigenvalue weighted by atomic mass is 35.5. The van der Waals surface area contributed by atoms with E-state index in [1.807, 2.05) is 0 Å². The second-order valence-corrected chi connectivity index (χ2v) is 5.32. The van der Waals surface area contributed by atoms with Gasteiger partial charge in [0.05, 0.1) is 21.3 Å². The van der Waals surface area contributed by atoms with Crippen molar-refractivity contribution < 1.29 is 22.9 Å². The molecule has 0 unspecified atom stereocenters. The summed E-state index contributed by atoms with van der Waals surface area (Å²) in [6.07, 6.45) is 0.760. The molecule has 0 aliphatic heterocycles. The molecule has 0 aromatic heterocycles. The highest BCUT2D eigenvalue weighted by Gasteiger charge is 2.16. The van der Waals surface area contributed by atoms with E-state index in [4.69, 9.17) is 16.9 Å². The highest BCUT2D eigenvalue weighted by Crippen LogP contribution is 2.27. The smallest absolute Gasteiger partial charge is 0.271 e. The van der Waals surface area contributed by atoms with Gasteiger partial charge in [-0.25, -0.2) is 13.2 Å². The molecular formula is C16H8ClF3N4O3. The summed E-state index contributed by atoms with van der Waals surface area (Å²) in [5.41, 5.74) is -1.57. The molecule has 0 bridgehead atoms. The van der Waals surface area contributed by atoms with E-state index in [0.29, 0.717) is 6.07 Å². The van der Waals surface area contributed by atoms with Crippen molar-refractivity contribution in [1.29, 1.82) is 5.26 Å². The molecule has 0 saturated carbocycles. The highest BCUT2D eigenvalue weighted by molar-refractivity contribution is 6.34. The average Bonchev–Trinajstić information content (AvgIpc) is 2.63. The number of nitrogens with one attached hydrogen (secondary N) is 2. The summed E-state index contributed by atoms with van der Waals surface area (Å²) < 4.78 is 39.6. The zero-order valence-corrected chi connectivity index (χ0v) is 13.9. The number of nitriles is 1. The van der Waals surface area contributed by atoms with Gasteiger partial charge in [0.2, 0.25) is 0 Å². The van der Waals surface area contributed by atoms with E-state index in [2.05, 4.69) is 10.6 Å². The van der Waals surface area contributed by atoms with Gasteiger partial charge in [-0.2, -0.15) is 5.26 Å². The van der Waals surface area contributed by atoms with Crippen molar-refractivity contribution in [1.82, 2.24) is 0 Å². The maximum absolute atomic E-state index is 13.6. The van der Waals surface area contributed by atoms with Crippen LogP contribution in [0.15, 0.2) is 42.1 Å². The summed E-state index contributed by atoms with van der Waals surface area (Å²) in [5.74, 6) is -5.68. The molecule has 0 atom stereocenters. The molecule has 138 valence electrons. The molecule has 11 heteroatoms. The Bertz CT molecular complexity index is 1010. The third-order valence-corrected chi connectivity index (χ3v) is 3.51.